The summed E-state index contributed by atoms with van der Waals surface area (Å²) in [7, 11) is 0. The number of hydrogen-bond acceptors (Lipinski definition) is 4. The van der Waals surface area contributed by atoms with Crippen molar-refractivity contribution in [2.45, 2.75) is 32.1 Å². The fraction of sp³-hybridized carbons (Fsp3) is 0.583. The number of aromatic nitrogens is 2. The summed E-state index contributed by atoms with van der Waals surface area (Å²) in [5.74, 6) is 0.971. The number of ether oxygens (including phenoxy) is 1. The van der Waals surface area contributed by atoms with Gasteiger partial charge >= 0.3 is 0 Å². The van der Waals surface area contributed by atoms with Gasteiger partial charge in [0.25, 0.3) is 0 Å². The van der Waals surface area contributed by atoms with Gasteiger partial charge in [0.05, 0.1) is 18.4 Å². The maximum Gasteiger partial charge on any atom is 0.244 e. The molecule has 0 radical (unpaired) electrons. The highest BCUT2D eigenvalue weighted by molar-refractivity contribution is 5.77. The molecule has 86 valence electrons. The summed E-state index contributed by atoms with van der Waals surface area (Å²) in [4.78, 5) is 10.7. The minimum absolute atomic E-state index is 0.364. The highest BCUT2D eigenvalue weighted by atomic mass is 16.5. The van der Waals surface area contributed by atoms with Gasteiger partial charge < -0.3 is 4.74 Å². The van der Waals surface area contributed by atoms with E-state index in [-0.39, 0.29) is 0 Å². The first-order chi connectivity index (χ1) is 7.90. The molecule has 0 saturated heterocycles. The van der Waals surface area contributed by atoms with E-state index in [1.54, 1.807) is 6.07 Å². The Morgan fingerprint density at radius 3 is 2.94 bits per heavy atom. The molecule has 16 heavy (non-hydrogen) atoms. The monoisotopic (exact) mass is 220 g/mol. The molecule has 4 nitrogen and oxygen atoms in total. The van der Waals surface area contributed by atoms with Crippen molar-refractivity contribution in [2.24, 2.45) is 5.92 Å². The van der Waals surface area contributed by atoms with E-state index in [1.807, 2.05) is 0 Å². The highest BCUT2D eigenvalue weighted by Crippen LogP contribution is 2.24. The molecule has 1 saturated carbocycles. The average Bonchev–Trinajstić information content (AvgIpc) is 2.38. The van der Waals surface area contributed by atoms with Gasteiger partial charge in [-0.1, -0.05) is 19.3 Å². The van der Waals surface area contributed by atoms with Crippen molar-refractivity contribution in [3.63, 3.8) is 0 Å². The van der Waals surface area contributed by atoms with Gasteiger partial charge in [0.2, 0.25) is 5.88 Å². The third kappa shape index (κ3) is 2.78. The van der Waals surface area contributed by atoms with Crippen LogP contribution in [0.15, 0.2) is 12.3 Å². The Labute approximate surface area is 95.0 Å². The molecule has 0 spiro atoms. The molecular weight excluding hydrogens is 204 g/mol. The Morgan fingerprint density at radius 1 is 1.38 bits per heavy atom. The molecule has 0 aliphatic heterocycles. The Bertz CT molecular complexity index is 349. The minimum atomic E-state index is 0.364. The van der Waals surface area contributed by atoms with Crippen molar-refractivity contribution in [3.8, 4) is 5.88 Å². The molecule has 1 aliphatic rings. The first-order valence-corrected chi connectivity index (χ1v) is 5.80. The van der Waals surface area contributed by atoms with Crippen LogP contribution in [0, 0.1) is 5.92 Å². The van der Waals surface area contributed by atoms with Crippen LogP contribution in [0.2, 0.25) is 0 Å². The standard InChI is InChI=1S/C12H16N2O2/c15-8-11-6-7-13-14-12(11)16-9-10-4-2-1-3-5-10/h6-8,10H,1-5,9H2. The molecule has 1 aliphatic carbocycles. The second-order valence-corrected chi connectivity index (χ2v) is 4.22. The number of carbonyl (C=O) groups is 1. The van der Waals surface area contributed by atoms with Crippen LogP contribution in [-0.4, -0.2) is 23.1 Å². The van der Waals surface area contributed by atoms with Crippen molar-refractivity contribution < 1.29 is 9.53 Å². The quantitative estimate of drug-likeness (QED) is 0.730. The van der Waals surface area contributed by atoms with Crippen LogP contribution < -0.4 is 4.74 Å². The first kappa shape index (κ1) is 11.0. The largest absolute Gasteiger partial charge is 0.476 e. The van der Waals surface area contributed by atoms with Gasteiger partial charge in [0.1, 0.15) is 0 Å². The van der Waals surface area contributed by atoms with E-state index in [0.29, 0.717) is 24.0 Å². The maximum absolute atomic E-state index is 10.7. The van der Waals surface area contributed by atoms with Crippen LogP contribution in [-0.2, 0) is 0 Å². The van der Waals surface area contributed by atoms with Gasteiger partial charge in [0, 0.05) is 0 Å². The number of aldehydes is 1. The topological polar surface area (TPSA) is 52.1 Å². The molecule has 1 heterocycles. The molecule has 0 atom stereocenters. The third-order valence-corrected chi connectivity index (χ3v) is 3.02. The number of carbonyl (C=O) groups excluding carboxylic acids is 1. The predicted octanol–water partition coefficient (Wildman–Crippen LogP) is 2.25. The third-order valence-electron chi connectivity index (χ3n) is 3.02. The van der Waals surface area contributed by atoms with E-state index in [0.717, 1.165) is 6.29 Å². The Hall–Kier alpha value is -1.45. The number of rotatable bonds is 4. The Balaban J connectivity index is 1.90. The SMILES string of the molecule is O=Cc1ccnnc1OCC1CCCCC1. The summed E-state index contributed by atoms with van der Waals surface area (Å²) in [6.07, 6.45) is 8.60. The zero-order chi connectivity index (χ0) is 11.2. The van der Waals surface area contributed by atoms with Crippen molar-refractivity contribution in [3.05, 3.63) is 17.8 Å². The maximum atomic E-state index is 10.7. The summed E-state index contributed by atoms with van der Waals surface area (Å²) in [6.45, 7) is 0.652. The minimum Gasteiger partial charge on any atom is -0.476 e. The van der Waals surface area contributed by atoms with E-state index in [4.69, 9.17) is 4.74 Å². The lowest BCUT2D eigenvalue weighted by molar-refractivity contribution is 0.111. The molecule has 0 amide bonds. The van der Waals surface area contributed by atoms with Crippen molar-refractivity contribution in [1.29, 1.82) is 0 Å². The molecular formula is C12H16N2O2. The molecule has 1 aromatic heterocycles. The summed E-state index contributed by atoms with van der Waals surface area (Å²) >= 11 is 0. The van der Waals surface area contributed by atoms with E-state index < -0.39 is 0 Å². The zero-order valence-electron chi connectivity index (χ0n) is 9.26. The lowest BCUT2D eigenvalue weighted by Crippen LogP contribution is -2.16. The van der Waals surface area contributed by atoms with Crippen molar-refractivity contribution >= 4 is 6.29 Å². The van der Waals surface area contributed by atoms with Crippen molar-refractivity contribution in [1.82, 2.24) is 10.2 Å². The molecule has 4 heteroatoms. The molecule has 1 fully saturated rings. The summed E-state index contributed by atoms with van der Waals surface area (Å²) in [6, 6.07) is 1.62. The van der Waals surface area contributed by atoms with Gasteiger partial charge in [-0.3, -0.25) is 4.79 Å². The van der Waals surface area contributed by atoms with Crippen LogP contribution in [0.3, 0.4) is 0 Å². The fourth-order valence-electron chi connectivity index (χ4n) is 2.08. The van der Waals surface area contributed by atoms with E-state index >= 15 is 0 Å². The number of nitrogens with zero attached hydrogens (tertiary/aromatic N) is 2. The molecule has 1 aromatic rings. The lowest BCUT2D eigenvalue weighted by Gasteiger charge is -2.21. The molecule has 0 N–H and O–H groups in total. The van der Waals surface area contributed by atoms with Gasteiger partial charge in [-0.25, -0.2) is 0 Å². The van der Waals surface area contributed by atoms with Gasteiger partial charge in [-0.05, 0) is 24.8 Å². The molecule has 0 aromatic carbocycles. The van der Waals surface area contributed by atoms with E-state index in [2.05, 4.69) is 10.2 Å². The van der Waals surface area contributed by atoms with Crippen molar-refractivity contribution in [2.75, 3.05) is 6.61 Å². The second kappa shape index (κ2) is 5.58. The first-order valence-electron chi connectivity index (χ1n) is 5.80. The van der Waals surface area contributed by atoms with E-state index in [9.17, 15) is 4.79 Å². The summed E-state index contributed by atoms with van der Waals surface area (Å²) in [5.41, 5.74) is 0.478. The van der Waals surface area contributed by atoms with E-state index in [1.165, 1.54) is 38.3 Å². The highest BCUT2D eigenvalue weighted by Gasteiger charge is 2.15. The van der Waals surface area contributed by atoms with Crippen LogP contribution >= 0.6 is 0 Å². The fourth-order valence-corrected chi connectivity index (χ4v) is 2.08. The second-order valence-electron chi connectivity index (χ2n) is 4.22. The normalized spacial score (nSPS) is 17.0. The van der Waals surface area contributed by atoms with Crippen LogP contribution in [0.5, 0.6) is 5.88 Å². The summed E-state index contributed by atoms with van der Waals surface area (Å²) in [5, 5.41) is 7.55. The predicted molar refractivity (Wildman–Crippen MR) is 59.5 cm³/mol. The lowest BCUT2D eigenvalue weighted by atomic mass is 9.90. The smallest absolute Gasteiger partial charge is 0.244 e. The van der Waals surface area contributed by atoms with Crippen LogP contribution in [0.4, 0.5) is 0 Å². The van der Waals surface area contributed by atoms with Gasteiger partial charge in [0.15, 0.2) is 6.29 Å². The van der Waals surface area contributed by atoms with Crippen LogP contribution in [0.25, 0.3) is 0 Å². The molecule has 2 rings (SSSR count). The van der Waals surface area contributed by atoms with Crippen LogP contribution in [0.1, 0.15) is 42.5 Å². The molecule has 0 unspecified atom stereocenters. The Morgan fingerprint density at radius 2 is 2.19 bits per heavy atom. The summed E-state index contributed by atoms with van der Waals surface area (Å²) < 4.78 is 5.56. The molecule has 0 bridgehead atoms. The average molecular weight is 220 g/mol. The van der Waals surface area contributed by atoms with Gasteiger partial charge in [-0.15, -0.1) is 5.10 Å². The van der Waals surface area contributed by atoms with Gasteiger partial charge in [-0.2, -0.15) is 5.10 Å². The number of hydrogen-bond donors (Lipinski definition) is 0. The zero-order valence-corrected chi connectivity index (χ0v) is 9.26. The Kier molecular flexibility index (Phi) is 3.86.